The van der Waals surface area contributed by atoms with Crippen LogP contribution < -0.4 is 9.47 Å². The molecule has 5 rings (SSSR count). The van der Waals surface area contributed by atoms with Gasteiger partial charge in [-0.15, -0.1) is 0 Å². The Bertz CT molecular complexity index is 1290. The third kappa shape index (κ3) is 3.89. The molecule has 0 unspecified atom stereocenters. The number of ether oxygens (including phenoxy) is 2. The molecule has 164 valence electrons. The van der Waals surface area contributed by atoms with Gasteiger partial charge in [-0.05, 0) is 43.3 Å². The molecule has 0 aliphatic carbocycles. The lowest BCUT2D eigenvalue weighted by molar-refractivity contribution is 0.219. The van der Waals surface area contributed by atoms with Crippen molar-refractivity contribution < 1.29 is 13.9 Å². The lowest BCUT2D eigenvalue weighted by Gasteiger charge is -2.20. The summed E-state index contributed by atoms with van der Waals surface area (Å²) < 4.78 is 26.8. The first kappa shape index (κ1) is 20.7. The van der Waals surface area contributed by atoms with Gasteiger partial charge in [0.2, 0.25) is 0 Å². The van der Waals surface area contributed by atoms with E-state index in [4.69, 9.17) is 21.1 Å². The monoisotopic (exact) mass is 452 g/mol. The zero-order chi connectivity index (χ0) is 22.2. The largest absolute Gasteiger partial charge is 0.490 e. The Morgan fingerprint density at radius 2 is 1.97 bits per heavy atom. The predicted octanol–water partition coefficient (Wildman–Crippen LogP) is 4.92. The molecule has 0 radical (unpaired) electrons. The van der Waals surface area contributed by atoms with Gasteiger partial charge in [-0.1, -0.05) is 11.6 Å². The van der Waals surface area contributed by atoms with Crippen molar-refractivity contribution in [3.63, 3.8) is 0 Å². The molecule has 0 spiro atoms. The molecule has 2 aromatic heterocycles. The molecule has 0 fully saturated rings. The molecule has 2 aromatic carbocycles. The van der Waals surface area contributed by atoms with Crippen LogP contribution in [-0.2, 0) is 13.1 Å². The van der Waals surface area contributed by atoms with Crippen LogP contribution in [0.3, 0.4) is 0 Å². The summed E-state index contributed by atoms with van der Waals surface area (Å²) in [7, 11) is 1.55. The highest BCUT2D eigenvalue weighted by atomic mass is 35.5. The second-order valence-corrected chi connectivity index (χ2v) is 8.28. The number of fused-ring (bicyclic) bond motifs is 2. The van der Waals surface area contributed by atoms with Crippen molar-refractivity contribution >= 4 is 22.5 Å². The first-order chi connectivity index (χ1) is 15.5. The zero-order valence-corrected chi connectivity index (χ0v) is 18.6. The topological polar surface area (TPSA) is 52.4 Å². The second-order valence-electron chi connectivity index (χ2n) is 7.88. The fourth-order valence-corrected chi connectivity index (χ4v) is 4.52. The van der Waals surface area contributed by atoms with Crippen molar-refractivity contribution in [1.82, 2.24) is 19.4 Å². The summed E-state index contributed by atoms with van der Waals surface area (Å²) in [5.41, 5.74) is 4.85. The molecule has 0 atom stereocenters. The van der Waals surface area contributed by atoms with E-state index in [1.54, 1.807) is 31.6 Å². The van der Waals surface area contributed by atoms with E-state index in [1.165, 1.54) is 6.07 Å². The summed E-state index contributed by atoms with van der Waals surface area (Å²) >= 11 is 6.66. The third-order valence-electron chi connectivity index (χ3n) is 5.63. The van der Waals surface area contributed by atoms with Crippen molar-refractivity contribution in [3.05, 3.63) is 76.5 Å². The molecule has 0 amide bonds. The molecule has 1 aliphatic rings. The summed E-state index contributed by atoms with van der Waals surface area (Å²) in [5, 5.41) is 1.42. The number of hydrogen-bond donors (Lipinski definition) is 0. The zero-order valence-electron chi connectivity index (χ0n) is 17.8. The minimum atomic E-state index is -0.249. The van der Waals surface area contributed by atoms with Gasteiger partial charge in [-0.2, -0.15) is 0 Å². The van der Waals surface area contributed by atoms with Gasteiger partial charge in [0.25, 0.3) is 0 Å². The molecular weight excluding hydrogens is 431 g/mol. The highest BCUT2D eigenvalue weighted by Crippen LogP contribution is 2.36. The number of methoxy groups -OCH3 is 1. The van der Waals surface area contributed by atoms with Crippen molar-refractivity contribution in [1.29, 1.82) is 0 Å². The van der Waals surface area contributed by atoms with Crippen LogP contribution in [0.15, 0.2) is 48.8 Å². The molecule has 3 heterocycles. The summed E-state index contributed by atoms with van der Waals surface area (Å²) in [4.78, 5) is 10.7. The van der Waals surface area contributed by atoms with Crippen LogP contribution >= 0.6 is 11.6 Å². The van der Waals surface area contributed by atoms with Gasteiger partial charge in [-0.3, -0.25) is 4.90 Å². The number of hydrogen-bond acceptors (Lipinski definition) is 5. The summed E-state index contributed by atoms with van der Waals surface area (Å²) in [6.07, 6.45) is 3.55. The Kier molecular flexibility index (Phi) is 5.45. The minimum Gasteiger partial charge on any atom is -0.490 e. The van der Waals surface area contributed by atoms with Crippen LogP contribution in [-0.4, -0.2) is 39.7 Å². The predicted molar refractivity (Wildman–Crippen MR) is 121 cm³/mol. The first-order valence-corrected chi connectivity index (χ1v) is 10.7. The van der Waals surface area contributed by atoms with Gasteiger partial charge in [0.1, 0.15) is 18.2 Å². The molecule has 1 aliphatic heterocycles. The molecule has 0 saturated heterocycles. The Balaban J connectivity index is 1.49. The van der Waals surface area contributed by atoms with Crippen LogP contribution in [0.4, 0.5) is 4.39 Å². The fraction of sp³-hybridized carbons (Fsp3) is 0.250. The number of rotatable bonds is 4. The summed E-state index contributed by atoms with van der Waals surface area (Å²) in [6.45, 7) is 4.64. The van der Waals surface area contributed by atoms with Crippen LogP contribution in [0.2, 0.25) is 5.02 Å². The first-order valence-electron chi connectivity index (χ1n) is 10.3. The third-order valence-corrected chi connectivity index (χ3v) is 5.91. The van der Waals surface area contributed by atoms with Crippen molar-refractivity contribution in [2.24, 2.45) is 0 Å². The van der Waals surface area contributed by atoms with Crippen molar-refractivity contribution in [3.8, 4) is 17.4 Å². The lowest BCUT2D eigenvalue weighted by Crippen LogP contribution is -2.25. The Morgan fingerprint density at radius 1 is 1.16 bits per heavy atom. The number of nitrogens with zero attached hydrogens (tertiary/aromatic N) is 4. The Morgan fingerprint density at radius 3 is 2.75 bits per heavy atom. The maximum Gasteiger partial charge on any atom is 0.316 e. The van der Waals surface area contributed by atoms with Crippen LogP contribution in [0.5, 0.6) is 11.8 Å². The number of aromatic nitrogens is 3. The number of benzene rings is 2. The SMILES string of the molecule is COc1ncc(CN2CCOc3c(Cl)cc(-n4c(C)cc5cc(F)ccc54)cc3C2)cn1. The normalized spacial score (nSPS) is 14.1. The molecule has 4 aromatic rings. The van der Waals surface area contributed by atoms with Crippen LogP contribution in [0.25, 0.3) is 16.6 Å². The van der Waals surface area contributed by atoms with Gasteiger partial charge in [0.05, 0.1) is 17.6 Å². The maximum absolute atomic E-state index is 13.7. The molecule has 32 heavy (non-hydrogen) atoms. The van der Waals surface area contributed by atoms with E-state index < -0.39 is 0 Å². The molecule has 6 nitrogen and oxygen atoms in total. The standard InChI is InChI=1S/C24H22ClFN4O2/c1-15-7-17-8-19(26)3-4-22(17)30(15)20-9-18-14-29(5-6-32-23(18)21(25)10-20)13-16-11-27-24(31-2)28-12-16/h3-4,7-12H,5-6,13-14H2,1-2H3. The Hall–Kier alpha value is -3.16. The lowest BCUT2D eigenvalue weighted by atomic mass is 10.1. The van der Waals surface area contributed by atoms with E-state index >= 15 is 0 Å². The van der Waals surface area contributed by atoms with Gasteiger partial charge < -0.3 is 14.0 Å². The molecule has 0 bridgehead atoms. The molecule has 8 heteroatoms. The molecule has 0 saturated carbocycles. The van der Waals surface area contributed by atoms with E-state index in [2.05, 4.69) is 25.5 Å². The van der Waals surface area contributed by atoms with Gasteiger partial charge in [0.15, 0.2) is 0 Å². The van der Waals surface area contributed by atoms with Gasteiger partial charge in [0, 0.05) is 59.9 Å². The van der Waals surface area contributed by atoms with Crippen molar-refractivity contribution in [2.75, 3.05) is 20.3 Å². The van der Waals surface area contributed by atoms with E-state index in [0.717, 1.165) is 40.0 Å². The highest BCUT2D eigenvalue weighted by Gasteiger charge is 2.21. The highest BCUT2D eigenvalue weighted by molar-refractivity contribution is 6.32. The average Bonchev–Trinajstić information content (AvgIpc) is 2.95. The number of halogens is 2. The van der Waals surface area contributed by atoms with Gasteiger partial charge >= 0.3 is 6.01 Å². The Labute approximate surface area is 190 Å². The van der Waals surface area contributed by atoms with E-state index in [-0.39, 0.29) is 5.82 Å². The fourth-order valence-electron chi connectivity index (χ4n) is 4.23. The number of aryl methyl sites for hydroxylation is 1. The average molecular weight is 453 g/mol. The second kappa shape index (κ2) is 8.41. The van der Waals surface area contributed by atoms with E-state index in [1.807, 2.05) is 19.1 Å². The minimum absolute atomic E-state index is 0.249. The van der Waals surface area contributed by atoms with Gasteiger partial charge in [-0.25, -0.2) is 14.4 Å². The van der Waals surface area contributed by atoms with Crippen molar-refractivity contribution in [2.45, 2.75) is 20.0 Å². The van der Waals surface area contributed by atoms with Crippen LogP contribution in [0, 0.1) is 12.7 Å². The summed E-state index contributed by atoms with van der Waals surface area (Å²) in [5.74, 6) is 0.463. The maximum atomic E-state index is 13.7. The molecular formula is C24H22ClFN4O2. The quantitative estimate of drug-likeness (QED) is 0.439. The smallest absolute Gasteiger partial charge is 0.316 e. The summed E-state index contributed by atoms with van der Waals surface area (Å²) in [6, 6.07) is 11.2. The van der Waals surface area contributed by atoms with E-state index in [0.29, 0.717) is 36.5 Å². The molecule has 0 N–H and O–H groups in total. The van der Waals surface area contributed by atoms with E-state index in [9.17, 15) is 4.39 Å². The van der Waals surface area contributed by atoms with Crippen LogP contribution in [0.1, 0.15) is 16.8 Å².